The first-order chi connectivity index (χ1) is 22.3. The number of hydrogen-bond acceptors (Lipinski definition) is 7. The summed E-state index contributed by atoms with van der Waals surface area (Å²) in [4.78, 5) is 39.0. The van der Waals surface area contributed by atoms with Crippen molar-refractivity contribution in [2.75, 3.05) is 33.9 Å². The van der Waals surface area contributed by atoms with Gasteiger partial charge in [-0.15, -0.1) is 13.1 Å². The molecule has 10 nitrogen and oxygen atoms in total. The van der Waals surface area contributed by atoms with E-state index in [-0.39, 0.29) is 91.2 Å². The second-order valence-corrected chi connectivity index (χ2v) is 13.7. The van der Waals surface area contributed by atoms with Gasteiger partial charge in [-0.1, -0.05) is 45.9 Å². The van der Waals surface area contributed by atoms with E-state index >= 15 is 0 Å². The second kappa shape index (κ2) is 24.2. The van der Waals surface area contributed by atoms with E-state index in [0.717, 1.165) is 31.3 Å². The maximum absolute atomic E-state index is 13.0. The van der Waals surface area contributed by atoms with Gasteiger partial charge in [0.25, 0.3) is 0 Å². The third kappa shape index (κ3) is 15.6. The molecule has 0 aromatic carbocycles. The molecular formula is C37H63ILiN3O7-2. The predicted octanol–water partition coefficient (Wildman–Crippen LogP) is -0.177. The van der Waals surface area contributed by atoms with Crippen molar-refractivity contribution in [3.05, 3.63) is 37.6 Å². The van der Waals surface area contributed by atoms with Crippen molar-refractivity contribution < 1.29 is 76.2 Å². The number of hydrogen-bond donors (Lipinski definition) is 2. The Hall–Kier alpha value is -1.10. The van der Waals surface area contributed by atoms with Crippen LogP contribution in [0.25, 0.3) is 0 Å². The van der Waals surface area contributed by atoms with Crippen LogP contribution in [0.3, 0.4) is 0 Å². The Morgan fingerprint density at radius 1 is 1.12 bits per heavy atom. The molecular weight excluding hydrogens is 732 g/mol. The Morgan fingerprint density at radius 2 is 1.80 bits per heavy atom. The first-order valence-corrected chi connectivity index (χ1v) is 17.5. The summed E-state index contributed by atoms with van der Waals surface area (Å²) in [5.41, 5.74) is 1.01. The van der Waals surface area contributed by atoms with Crippen molar-refractivity contribution in [2.45, 2.75) is 129 Å². The van der Waals surface area contributed by atoms with Crippen LogP contribution in [0.15, 0.2) is 23.8 Å². The number of epoxide rings is 1. The van der Waals surface area contributed by atoms with Crippen molar-refractivity contribution >= 4 is 17.9 Å². The van der Waals surface area contributed by atoms with Gasteiger partial charge in [-0.3, -0.25) is 4.79 Å². The number of rotatable bonds is 20. The predicted molar refractivity (Wildman–Crippen MR) is 185 cm³/mol. The Kier molecular flexibility index (Phi) is 23.7. The molecule has 2 N–H and O–H groups in total. The van der Waals surface area contributed by atoms with E-state index in [0.29, 0.717) is 56.7 Å². The number of allylic oxidation sites excluding steroid dienone is 3. The van der Waals surface area contributed by atoms with Crippen LogP contribution in [0.1, 0.15) is 92.9 Å². The number of amides is 3. The minimum absolute atomic E-state index is 0. The van der Waals surface area contributed by atoms with Crippen LogP contribution >= 0.6 is 0 Å². The molecule has 278 valence electrons. The zero-order valence-corrected chi connectivity index (χ0v) is 33.9. The van der Waals surface area contributed by atoms with E-state index in [2.05, 4.69) is 84.3 Å². The Bertz CT molecular complexity index is 1060. The minimum Gasteiger partial charge on any atom is -1.00 e. The van der Waals surface area contributed by atoms with Crippen LogP contribution in [0.2, 0.25) is 0 Å². The van der Waals surface area contributed by atoms with Crippen molar-refractivity contribution in [2.24, 2.45) is 17.8 Å². The van der Waals surface area contributed by atoms with Gasteiger partial charge in [0.1, 0.15) is 6.04 Å². The average Bonchev–Trinajstić information content (AvgIpc) is 3.71. The number of carbonyl (C=O) groups is 3. The molecule has 2 rings (SSSR count). The first-order valence-electron chi connectivity index (χ1n) is 17.5. The van der Waals surface area contributed by atoms with Gasteiger partial charge >= 0.3 is 30.9 Å². The zero-order chi connectivity index (χ0) is 35.1. The fourth-order valence-electron chi connectivity index (χ4n) is 6.89. The fourth-order valence-corrected chi connectivity index (χ4v) is 6.89. The number of urea groups is 1. The number of unbranched alkanes of at least 4 members (excludes halogenated alkanes) is 1. The number of halogens is 1. The van der Waals surface area contributed by atoms with Crippen LogP contribution in [0, 0.1) is 31.6 Å². The molecule has 0 bridgehead atoms. The SMILES string of the molecule is [CH2-]CN(C[CH2-])C(=O)NCCCC[C@@H](NC(=O)C[C@H]1CC[C@H](C)[C@@H](/C(C)=C/C=C/[C@@H](C)C[C@@]2(C)O[C@@H]2[C@H](C)[C@H](CC)OC)O1)C(=O)OC.[I-].[Li+]. The van der Waals surface area contributed by atoms with Gasteiger partial charge in [0, 0.05) is 19.6 Å². The van der Waals surface area contributed by atoms with Crippen molar-refractivity contribution in [1.29, 1.82) is 0 Å². The molecule has 0 unspecified atom stereocenters. The second-order valence-electron chi connectivity index (χ2n) is 13.7. The van der Waals surface area contributed by atoms with Gasteiger partial charge in [-0.2, -0.15) is 0 Å². The summed E-state index contributed by atoms with van der Waals surface area (Å²) in [6, 6.07) is -0.963. The van der Waals surface area contributed by atoms with Crippen LogP contribution in [-0.2, 0) is 28.5 Å². The molecule has 9 atom stereocenters. The van der Waals surface area contributed by atoms with Gasteiger partial charge in [0.2, 0.25) is 5.91 Å². The average molecular weight is 796 g/mol. The quantitative estimate of drug-likeness (QED) is 0.0335. The first kappa shape index (κ1) is 47.9. The van der Waals surface area contributed by atoms with Gasteiger partial charge < -0.3 is 72.3 Å². The molecule has 0 spiro atoms. The van der Waals surface area contributed by atoms with Gasteiger partial charge in [0.05, 0.1) is 43.5 Å². The molecule has 2 saturated heterocycles. The van der Waals surface area contributed by atoms with Gasteiger partial charge in [-0.25, -0.2) is 9.59 Å². The Balaban J connectivity index is 0.0000115. The largest absolute Gasteiger partial charge is 1.00 e. The van der Waals surface area contributed by atoms with E-state index in [9.17, 15) is 14.4 Å². The van der Waals surface area contributed by atoms with E-state index in [1.807, 2.05) is 0 Å². The molecule has 0 saturated carbocycles. The van der Waals surface area contributed by atoms with Crippen molar-refractivity contribution in [3.63, 3.8) is 0 Å². The molecule has 0 aromatic rings. The maximum atomic E-state index is 13.0. The van der Waals surface area contributed by atoms with Crippen molar-refractivity contribution in [3.8, 4) is 0 Å². The fraction of sp³-hybridized carbons (Fsp3) is 0.757. The molecule has 0 radical (unpaired) electrons. The summed E-state index contributed by atoms with van der Waals surface area (Å²) >= 11 is 0. The molecule has 0 aromatic heterocycles. The number of carbonyl (C=O) groups excluding carboxylic acids is 3. The summed E-state index contributed by atoms with van der Waals surface area (Å²) in [6.07, 6.45) is 12.1. The standard InChI is InChI=1S/C37H63N3O7.HI.Li/c1-11-31(44-9)28(7)34-37(8,47-34)24-25(4)17-16-18-26(5)33-27(6)20-21-29(46-33)23-32(41)39-30(35(42)45-10)19-14-15-22-38-36(43)40(12-2)13-3;;/h16-18,25,27-31,33-34H,2-3,11-15,19-24H2,1,4-10H3,(H,38,43)(H,39,41);1H;/q-2;;+1/p-1/b17-16+,26-18+;;/t25-,27+,28-,29-,30-,31+,33-,34-,37-;;/m1../s1. The van der Waals surface area contributed by atoms with Gasteiger partial charge in [-0.05, 0) is 76.2 Å². The molecule has 3 amide bonds. The summed E-state index contributed by atoms with van der Waals surface area (Å²) in [5.74, 6) is 0.338. The molecule has 2 aliphatic rings. The third-order valence-electron chi connectivity index (χ3n) is 9.74. The number of ether oxygens (including phenoxy) is 4. The smallest absolute Gasteiger partial charge is 1.00 e. The molecule has 2 fully saturated rings. The normalized spacial score (nSPS) is 26.0. The number of methoxy groups -OCH3 is 2. The summed E-state index contributed by atoms with van der Waals surface area (Å²) in [7, 11) is 3.09. The van der Waals surface area contributed by atoms with E-state index in [4.69, 9.17) is 18.9 Å². The van der Waals surface area contributed by atoms with E-state index < -0.39 is 12.0 Å². The van der Waals surface area contributed by atoms with Crippen LogP contribution < -0.4 is 53.5 Å². The van der Waals surface area contributed by atoms with E-state index in [1.165, 1.54) is 12.0 Å². The summed E-state index contributed by atoms with van der Waals surface area (Å²) in [5, 5.41) is 5.67. The molecule has 2 aliphatic heterocycles. The molecule has 12 heteroatoms. The summed E-state index contributed by atoms with van der Waals surface area (Å²) < 4.78 is 23.2. The van der Waals surface area contributed by atoms with Crippen LogP contribution in [-0.4, -0.2) is 92.7 Å². The Labute approximate surface area is 326 Å². The minimum atomic E-state index is -0.749. The van der Waals surface area contributed by atoms with Crippen LogP contribution in [0.4, 0.5) is 4.79 Å². The van der Waals surface area contributed by atoms with Crippen LogP contribution in [0.5, 0.6) is 0 Å². The molecule has 0 aliphatic carbocycles. The summed E-state index contributed by atoms with van der Waals surface area (Å²) in [6.45, 7) is 21.6. The van der Waals surface area contributed by atoms with Gasteiger partial charge in [0.15, 0.2) is 0 Å². The zero-order valence-electron chi connectivity index (χ0n) is 31.7. The third-order valence-corrected chi connectivity index (χ3v) is 9.74. The molecule has 2 heterocycles. The number of nitrogens with one attached hydrogen (secondary N) is 2. The molecule has 49 heavy (non-hydrogen) atoms. The van der Waals surface area contributed by atoms with Crippen molar-refractivity contribution in [1.82, 2.24) is 15.5 Å². The van der Waals surface area contributed by atoms with E-state index in [1.54, 1.807) is 7.11 Å². The maximum Gasteiger partial charge on any atom is 1.00 e. The monoisotopic (exact) mass is 795 g/mol. The number of nitrogens with zero attached hydrogens (tertiary/aromatic N) is 1. The number of esters is 1. The Morgan fingerprint density at radius 3 is 2.39 bits per heavy atom. The topological polar surface area (TPSA) is 119 Å².